The third-order valence-electron chi connectivity index (χ3n) is 6.72. The van der Waals surface area contributed by atoms with Gasteiger partial charge in [-0.3, -0.25) is 0 Å². The third kappa shape index (κ3) is 10.3. The summed E-state index contributed by atoms with van der Waals surface area (Å²) in [6, 6.07) is 55.7. The maximum absolute atomic E-state index is 2.22. The fraction of sp³-hybridized carbons (Fsp3) is 0.163. The second-order valence-corrected chi connectivity index (χ2v) is 9.62. The van der Waals surface area contributed by atoms with Crippen molar-refractivity contribution in [3.05, 3.63) is 169 Å². The summed E-state index contributed by atoms with van der Waals surface area (Å²) in [5, 5.41) is 0. The van der Waals surface area contributed by atoms with E-state index in [1.165, 1.54) is 55.6 Å². The average Bonchev–Trinajstić information content (AvgIpc) is 2.99. The van der Waals surface area contributed by atoms with Gasteiger partial charge in [-0.25, -0.2) is 0 Å². The van der Waals surface area contributed by atoms with E-state index in [1.54, 1.807) is 0 Å². The fourth-order valence-electron chi connectivity index (χ4n) is 4.54. The predicted octanol–water partition coefficient (Wildman–Crippen LogP) is 13.8. The van der Waals surface area contributed by atoms with E-state index in [2.05, 4.69) is 159 Å². The van der Waals surface area contributed by atoms with E-state index in [9.17, 15) is 0 Å². The molecule has 0 radical (unpaired) electrons. The van der Waals surface area contributed by atoms with Gasteiger partial charge < -0.3 is 0 Å². The van der Waals surface area contributed by atoms with Gasteiger partial charge in [-0.1, -0.05) is 206 Å². The highest BCUT2D eigenvalue weighted by molar-refractivity contribution is 5.71. The molecular weight excluding hydrogens is 516 g/mol. The molecule has 0 N–H and O–H groups in total. The molecule has 0 aliphatic carbocycles. The SMILES string of the molecule is C.C.C.C.C.Cc1ccc(-c2ccc(-c3ccccc3)cc2)cc1.Cc1cccc(-c2ccc(-c3ccccc3)cc2)c1. The minimum atomic E-state index is 0. The van der Waals surface area contributed by atoms with Crippen molar-refractivity contribution < 1.29 is 0 Å². The number of rotatable bonds is 4. The minimum absolute atomic E-state index is 0. The zero-order chi connectivity index (χ0) is 26.2. The maximum atomic E-state index is 2.22. The topological polar surface area (TPSA) is 0 Å². The van der Waals surface area contributed by atoms with Crippen LogP contribution in [0.2, 0.25) is 0 Å². The Kier molecular flexibility index (Phi) is 16.7. The minimum Gasteiger partial charge on any atom is -0.0776 e. The lowest BCUT2D eigenvalue weighted by atomic mass is 9.99. The molecule has 43 heavy (non-hydrogen) atoms. The summed E-state index contributed by atoms with van der Waals surface area (Å²) in [6.45, 7) is 4.24. The fourth-order valence-corrected chi connectivity index (χ4v) is 4.54. The molecule has 0 aliphatic heterocycles. The van der Waals surface area contributed by atoms with Crippen LogP contribution in [-0.4, -0.2) is 0 Å². The van der Waals surface area contributed by atoms with Crippen LogP contribution in [0.4, 0.5) is 0 Å². The van der Waals surface area contributed by atoms with E-state index in [0.717, 1.165) is 0 Å². The molecule has 0 saturated carbocycles. The van der Waals surface area contributed by atoms with Gasteiger partial charge in [0.2, 0.25) is 0 Å². The van der Waals surface area contributed by atoms with Crippen molar-refractivity contribution in [2.75, 3.05) is 0 Å². The summed E-state index contributed by atoms with van der Waals surface area (Å²) in [5.74, 6) is 0. The molecule has 0 aliphatic rings. The molecule has 6 rings (SSSR count). The molecule has 0 fully saturated rings. The lowest BCUT2D eigenvalue weighted by Gasteiger charge is -2.05. The Bertz CT molecular complexity index is 1560. The maximum Gasteiger partial charge on any atom is -0.0181 e. The Morgan fingerprint density at radius 1 is 0.233 bits per heavy atom. The van der Waals surface area contributed by atoms with Gasteiger partial charge in [-0.2, -0.15) is 0 Å². The van der Waals surface area contributed by atoms with Gasteiger partial charge in [0.05, 0.1) is 0 Å². The Hall–Kier alpha value is -4.68. The molecule has 224 valence electrons. The zero-order valence-electron chi connectivity index (χ0n) is 22.0. The van der Waals surface area contributed by atoms with Crippen LogP contribution in [-0.2, 0) is 0 Å². The van der Waals surface area contributed by atoms with Gasteiger partial charge in [0, 0.05) is 0 Å². The molecule has 0 saturated heterocycles. The molecule has 0 unspecified atom stereocenters. The summed E-state index contributed by atoms with van der Waals surface area (Å²) >= 11 is 0. The Balaban J connectivity index is 0.000000735. The molecule has 0 amide bonds. The monoisotopic (exact) mass is 568 g/mol. The first kappa shape index (κ1) is 38.3. The highest BCUT2D eigenvalue weighted by Crippen LogP contribution is 2.26. The highest BCUT2D eigenvalue weighted by Gasteiger charge is 2.01. The van der Waals surface area contributed by atoms with Crippen LogP contribution in [0.25, 0.3) is 44.5 Å². The predicted molar refractivity (Wildman–Crippen MR) is 198 cm³/mol. The van der Waals surface area contributed by atoms with Crippen molar-refractivity contribution in [2.45, 2.75) is 51.0 Å². The van der Waals surface area contributed by atoms with Gasteiger partial charge in [0.1, 0.15) is 0 Å². The summed E-state index contributed by atoms with van der Waals surface area (Å²) in [7, 11) is 0. The summed E-state index contributed by atoms with van der Waals surface area (Å²) in [5.41, 5.74) is 12.7. The van der Waals surface area contributed by atoms with Crippen LogP contribution in [0.1, 0.15) is 48.3 Å². The Morgan fingerprint density at radius 2 is 0.512 bits per heavy atom. The van der Waals surface area contributed by atoms with E-state index >= 15 is 0 Å². The largest absolute Gasteiger partial charge is 0.0776 e. The summed E-state index contributed by atoms with van der Waals surface area (Å²) in [6.07, 6.45) is 0. The quantitative estimate of drug-likeness (QED) is 0.198. The van der Waals surface area contributed by atoms with Crippen molar-refractivity contribution in [3.8, 4) is 44.5 Å². The molecule has 0 heterocycles. The Morgan fingerprint density at radius 3 is 0.860 bits per heavy atom. The molecule has 6 aromatic carbocycles. The smallest absolute Gasteiger partial charge is 0.0181 e. The van der Waals surface area contributed by atoms with E-state index in [-0.39, 0.29) is 37.1 Å². The molecule has 0 aromatic heterocycles. The van der Waals surface area contributed by atoms with E-state index in [0.29, 0.717) is 0 Å². The number of aryl methyl sites for hydroxylation is 2. The van der Waals surface area contributed by atoms with Gasteiger partial charge in [0.15, 0.2) is 0 Å². The van der Waals surface area contributed by atoms with Crippen molar-refractivity contribution in [1.29, 1.82) is 0 Å². The standard InChI is InChI=1S/2C19H16.5CH4/c1-15-6-5-9-19(14-15)18-12-10-17(11-13-18)16-7-3-2-4-8-16;1-15-7-9-17(10-8-15)19-13-11-18(12-14-19)16-5-3-2-4-6-16;;;;;/h2*2-14H,1H3;5*1H4. The second kappa shape index (κ2) is 18.7. The lowest BCUT2D eigenvalue weighted by Crippen LogP contribution is -1.81. The van der Waals surface area contributed by atoms with Crippen LogP contribution >= 0.6 is 0 Å². The highest BCUT2D eigenvalue weighted by atomic mass is 14.1. The first-order valence-corrected chi connectivity index (χ1v) is 13.1. The number of hydrogen-bond acceptors (Lipinski definition) is 0. The normalized spacial score (nSPS) is 9.16. The molecular formula is C43H52. The van der Waals surface area contributed by atoms with Crippen molar-refractivity contribution in [3.63, 3.8) is 0 Å². The second-order valence-electron chi connectivity index (χ2n) is 9.62. The molecule has 0 heteroatoms. The van der Waals surface area contributed by atoms with Crippen LogP contribution in [0.3, 0.4) is 0 Å². The summed E-state index contributed by atoms with van der Waals surface area (Å²) in [4.78, 5) is 0. The van der Waals surface area contributed by atoms with Crippen molar-refractivity contribution >= 4 is 0 Å². The third-order valence-corrected chi connectivity index (χ3v) is 6.72. The zero-order valence-corrected chi connectivity index (χ0v) is 22.0. The van der Waals surface area contributed by atoms with E-state index in [1.807, 2.05) is 12.1 Å². The first-order valence-electron chi connectivity index (χ1n) is 13.1. The molecule has 0 atom stereocenters. The Labute approximate surface area is 263 Å². The van der Waals surface area contributed by atoms with Gasteiger partial charge in [0.25, 0.3) is 0 Å². The van der Waals surface area contributed by atoms with Crippen LogP contribution < -0.4 is 0 Å². The van der Waals surface area contributed by atoms with Crippen LogP contribution in [0, 0.1) is 13.8 Å². The van der Waals surface area contributed by atoms with Gasteiger partial charge in [-0.15, -0.1) is 0 Å². The average molecular weight is 569 g/mol. The first-order chi connectivity index (χ1) is 18.7. The van der Waals surface area contributed by atoms with Crippen LogP contribution in [0.5, 0.6) is 0 Å². The number of hydrogen-bond donors (Lipinski definition) is 0. The lowest BCUT2D eigenvalue weighted by molar-refractivity contribution is 1.47. The van der Waals surface area contributed by atoms with E-state index < -0.39 is 0 Å². The number of benzene rings is 6. The molecule has 0 spiro atoms. The van der Waals surface area contributed by atoms with E-state index in [4.69, 9.17) is 0 Å². The van der Waals surface area contributed by atoms with Crippen molar-refractivity contribution in [2.24, 2.45) is 0 Å². The van der Waals surface area contributed by atoms with Gasteiger partial charge >= 0.3 is 0 Å². The van der Waals surface area contributed by atoms with Crippen LogP contribution in [0.15, 0.2) is 158 Å². The summed E-state index contributed by atoms with van der Waals surface area (Å²) < 4.78 is 0. The molecule has 6 aromatic rings. The molecule has 0 bridgehead atoms. The van der Waals surface area contributed by atoms with Crippen molar-refractivity contribution in [1.82, 2.24) is 0 Å². The molecule has 0 nitrogen and oxygen atoms in total. The van der Waals surface area contributed by atoms with Gasteiger partial charge in [-0.05, 0) is 58.4 Å².